The van der Waals surface area contributed by atoms with E-state index in [0.717, 1.165) is 11.3 Å². The minimum Gasteiger partial charge on any atom is -0.329 e. The summed E-state index contributed by atoms with van der Waals surface area (Å²) in [5.41, 5.74) is 2.17. The van der Waals surface area contributed by atoms with Gasteiger partial charge in [0.2, 0.25) is 0 Å². The molecule has 0 atom stereocenters. The lowest BCUT2D eigenvalue weighted by molar-refractivity contribution is 1.12. The van der Waals surface area contributed by atoms with Crippen LogP contribution < -0.4 is 4.72 Å². The van der Waals surface area contributed by atoms with Gasteiger partial charge in [0, 0.05) is 16.5 Å². The summed E-state index contributed by atoms with van der Waals surface area (Å²) in [4.78, 5) is 0. The van der Waals surface area contributed by atoms with E-state index in [1.165, 1.54) is 0 Å². The molecule has 0 aliphatic heterocycles. The number of benzene rings is 1. The van der Waals surface area contributed by atoms with Gasteiger partial charge in [-0.15, -0.1) is 5.92 Å². The molecule has 1 aromatic carbocycles. The van der Waals surface area contributed by atoms with E-state index in [4.69, 9.17) is 0 Å². The van der Waals surface area contributed by atoms with Crippen LogP contribution in [-0.2, 0) is 0 Å². The molecule has 1 nitrogen and oxygen atoms in total. The van der Waals surface area contributed by atoms with E-state index in [0.29, 0.717) is 5.25 Å². The maximum Gasteiger partial charge on any atom is 0.0452 e. The summed E-state index contributed by atoms with van der Waals surface area (Å²) in [6.45, 7) is 6.17. The molecule has 0 spiro atoms. The molecule has 0 aromatic heterocycles. The van der Waals surface area contributed by atoms with Gasteiger partial charge in [0.1, 0.15) is 0 Å². The maximum atomic E-state index is 3.29. The summed E-state index contributed by atoms with van der Waals surface area (Å²) in [6, 6.07) is 8.15. The first-order valence-electron chi connectivity index (χ1n) is 4.67. The molecule has 0 radical (unpaired) electrons. The summed E-state index contributed by atoms with van der Waals surface area (Å²) >= 11 is 1.71. The van der Waals surface area contributed by atoms with Crippen molar-refractivity contribution in [1.29, 1.82) is 0 Å². The molecule has 2 heteroatoms. The van der Waals surface area contributed by atoms with Gasteiger partial charge in [0.25, 0.3) is 0 Å². The molecule has 1 aromatic rings. The van der Waals surface area contributed by atoms with Gasteiger partial charge in [-0.3, -0.25) is 0 Å². The van der Waals surface area contributed by atoms with Gasteiger partial charge in [-0.05, 0) is 37.1 Å². The van der Waals surface area contributed by atoms with Gasteiger partial charge < -0.3 is 4.72 Å². The average Bonchev–Trinajstić information content (AvgIpc) is 2.16. The van der Waals surface area contributed by atoms with Crippen LogP contribution in [0.25, 0.3) is 0 Å². The monoisotopic (exact) mass is 205 g/mol. The minimum absolute atomic E-state index is 0.580. The highest BCUT2D eigenvalue weighted by molar-refractivity contribution is 8.01. The van der Waals surface area contributed by atoms with E-state index < -0.39 is 0 Å². The van der Waals surface area contributed by atoms with Crippen molar-refractivity contribution >= 4 is 17.6 Å². The Labute approximate surface area is 90.4 Å². The third-order valence-electron chi connectivity index (χ3n) is 1.54. The Morgan fingerprint density at radius 2 is 2.14 bits per heavy atom. The normalized spacial score (nSPS) is 9.43. The van der Waals surface area contributed by atoms with Crippen molar-refractivity contribution < 1.29 is 0 Å². The van der Waals surface area contributed by atoms with Crippen LogP contribution >= 0.6 is 11.9 Å². The van der Waals surface area contributed by atoms with Crippen LogP contribution in [-0.4, -0.2) is 5.25 Å². The van der Waals surface area contributed by atoms with Crippen LogP contribution in [0.3, 0.4) is 0 Å². The highest BCUT2D eigenvalue weighted by Gasteiger charge is 1.95. The molecule has 14 heavy (non-hydrogen) atoms. The first-order valence-corrected chi connectivity index (χ1v) is 5.55. The number of hydrogen-bond donors (Lipinski definition) is 1. The standard InChI is InChI=1S/C12H15NS/c1-4-6-11-7-5-8-12(9-11)13-14-10(2)3/h5,7-10,13H,1-3H3. The Bertz CT molecular complexity index is 347. The molecule has 74 valence electrons. The van der Waals surface area contributed by atoms with Gasteiger partial charge in [0.05, 0.1) is 0 Å². The lowest BCUT2D eigenvalue weighted by Gasteiger charge is -2.07. The predicted molar refractivity (Wildman–Crippen MR) is 65.3 cm³/mol. The fourth-order valence-electron chi connectivity index (χ4n) is 0.991. The van der Waals surface area contributed by atoms with Crippen molar-refractivity contribution in [3.05, 3.63) is 29.8 Å². The third-order valence-corrected chi connectivity index (χ3v) is 2.37. The third kappa shape index (κ3) is 3.76. The average molecular weight is 205 g/mol. The fourth-order valence-corrected chi connectivity index (χ4v) is 1.49. The van der Waals surface area contributed by atoms with Crippen molar-refractivity contribution in [2.75, 3.05) is 4.72 Å². The summed E-state index contributed by atoms with van der Waals surface area (Å²) in [5, 5.41) is 0.580. The molecule has 0 saturated heterocycles. The second-order valence-electron chi connectivity index (χ2n) is 3.22. The van der Waals surface area contributed by atoms with Gasteiger partial charge in [-0.2, -0.15) is 0 Å². The lowest BCUT2D eigenvalue weighted by Crippen LogP contribution is -1.94. The van der Waals surface area contributed by atoms with Gasteiger partial charge in [-0.25, -0.2) is 0 Å². The van der Waals surface area contributed by atoms with E-state index in [-0.39, 0.29) is 0 Å². The summed E-state index contributed by atoms with van der Waals surface area (Å²) in [5.74, 6) is 5.93. The van der Waals surface area contributed by atoms with Crippen LogP contribution in [0.1, 0.15) is 26.3 Å². The molecular weight excluding hydrogens is 190 g/mol. The molecule has 0 aliphatic rings. The zero-order chi connectivity index (χ0) is 10.4. The molecule has 0 amide bonds. The van der Waals surface area contributed by atoms with Crippen LogP contribution in [0.2, 0.25) is 0 Å². The second kappa shape index (κ2) is 5.62. The van der Waals surface area contributed by atoms with E-state index in [1.54, 1.807) is 11.9 Å². The molecular formula is C12H15NS. The lowest BCUT2D eigenvalue weighted by atomic mass is 10.2. The molecule has 0 bridgehead atoms. The molecule has 0 aliphatic carbocycles. The molecule has 1 rings (SSSR count). The number of anilines is 1. The SMILES string of the molecule is CC#Cc1cccc(NSC(C)C)c1. The van der Waals surface area contributed by atoms with Gasteiger partial charge >= 0.3 is 0 Å². The Morgan fingerprint density at radius 3 is 2.79 bits per heavy atom. The first-order chi connectivity index (χ1) is 6.72. The zero-order valence-corrected chi connectivity index (χ0v) is 9.61. The molecule has 0 saturated carbocycles. The van der Waals surface area contributed by atoms with Crippen LogP contribution in [0, 0.1) is 11.8 Å². The first kappa shape index (κ1) is 11.0. The summed E-state index contributed by atoms with van der Waals surface area (Å²) < 4.78 is 3.29. The van der Waals surface area contributed by atoms with Crippen molar-refractivity contribution in [2.45, 2.75) is 26.0 Å². The van der Waals surface area contributed by atoms with E-state index >= 15 is 0 Å². The number of hydrogen-bond acceptors (Lipinski definition) is 2. The molecule has 1 N–H and O–H groups in total. The van der Waals surface area contributed by atoms with Gasteiger partial charge in [-0.1, -0.05) is 25.8 Å². The smallest absolute Gasteiger partial charge is 0.0452 e. The van der Waals surface area contributed by atoms with Crippen LogP contribution in [0.5, 0.6) is 0 Å². The van der Waals surface area contributed by atoms with Crippen LogP contribution in [0.15, 0.2) is 24.3 Å². The predicted octanol–water partition coefficient (Wildman–Crippen LogP) is 3.53. The molecule has 0 unspecified atom stereocenters. The Balaban J connectivity index is 2.67. The highest BCUT2D eigenvalue weighted by atomic mass is 32.2. The Hall–Kier alpha value is -1.07. The Morgan fingerprint density at radius 1 is 1.36 bits per heavy atom. The van der Waals surface area contributed by atoms with Crippen LogP contribution in [0.4, 0.5) is 5.69 Å². The summed E-state index contributed by atoms with van der Waals surface area (Å²) in [7, 11) is 0. The number of nitrogens with one attached hydrogen (secondary N) is 1. The van der Waals surface area contributed by atoms with Crippen molar-refractivity contribution in [3.63, 3.8) is 0 Å². The maximum absolute atomic E-state index is 3.29. The quantitative estimate of drug-likeness (QED) is 0.598. The highest BCUT2D eigenvalue weighted by Crippen LogP contribution is 2.17. The van der Waals surface area contributed by atoms with Gasteiger partial charge in [0.15, 0.2) is 0 Å². The topological polar surface area (TPSA) is 12.0 Å². The van der Waals surface area contributed by atoms with Crippen molar-refractivity contribution in [1.82, 2.24) is 0 Å². The van der Waals surface area contributed by atoms with Crippen molar-refractivity contribution in [3.8, 4) is 11.8 Å². The fraction of sp³-hybridized carbons (Fsp3) is 0.333. The van der Waals surface area contributed by atoms with E-state index in [1.807, 2.05) is 19.1 Å². The van der Waals surface area contributed by atoms with E-state index in [9.17, 15) is 0 Å². The second-order valence-corrected chi connectivity index (χ2v) is 4.61. The summed E-state index contributed by atoms with van der Waals surface area (Å²) in [6.07, 6.45) is 0. The Kier molecular flexibility index (Phi) is 4.42. The zero-order valence-electron chi connectivity index (χ0n) is 8.79. The molecule has 0 heterocycles. The number of rotatable bonds is 3. The minimum atomic E-state index is 0.580. The van der Waals surface area contributed by atoms with E-state index in [2.05, 4.69) is 42.5 Å². The largest absolute Gasteiger partial charge is 0.329 e. The van der Waals surface area contributed by atoms with Crippen molar-refractivity contribution in [2.24, 2.45) is 0 Å². The molecule has 0 fully saturated rings.